The van der Waals surface area contributed by atoms with Crippen LogP contribution in [0, 0.1) is 0 Å². The Bertz CT molecular complexity index is 759. The molecule has 2 aromatic rings. The van der Waals surface area contributed by atoms with Crippen LogP contribution in [0.4, 0.5) is 11.4 Å². The lowest BCUT2D eigenvalue weighted by atomic mass is 9.85. The number of para-hydroxylation sites is 2. The van der Waals surface area contributed by atoms with Crippen molar-refractivity contribution in [2.75, 3.05) is 5.32 Å². The number of ketones is 1. The molecular weight excluding hydrogens is 280 g/mol. The molecule has 104 valence electrons. The third kappa shape index (κ3) is 2.21. The molecule has 0 amide bonds. The van der Waals surface area contributed by atoms with E-state index in [1.807, 2.05) is 30.3 Å². The van der Waals surface area contributed by atoms with Crippen molar-refractivity contribution < 1.29 is 4.79 Å². The molecule has 4 rings (SSSR count). The molecule has 0 saturated carbocycles. The van der Waals surface area contributed by atoms with E-state index in [0.717, 1.165) is 29.1 Å². The lowest BCUT2D eigenvalue weighted by Crippen LogP contribution is -2.21. The van der Waals surface area contributed by atoms with Gasteiger partial charge in [-0.05, 0) is 30.0 Å². The van der Waals surface area contributed by atoms with Crippen molar-refractivity contribution in [3.63, 3.8) is 0 Å². The molecule has 2 aliphatic rings. The number of allylic oxidation sites excluding steroid dienone is 2. The Morgan fingerprint density at radius 1 is 1.14 bits per heavy atom. The van der Waals surface area contributed by atoms with Crippen molar-refractivity contribution in [1.29, 1.82) is 0 Å². The average molecular weight is 294 g/mol. The smallest absolute Gasteiger partial charge is 0.166 e. The Morgan fingerprint density at radius 3 is 2.90 bits per heavy atom. The maximum Gasteiger partial charge on any atom is 0.166 e. The van der Waals surface area contributed by atoms with Crippen LogP contribution in [0.15, 0.2) is 58.0 Å². The molecule has 1 aromatic heterocycles. The van der Waals surface area contributed by atoms with E-state index in [1.54, 1.807) is 17.6 Å². The maximum absolute atomic E-state index is 12.5. The average Bonchev–Trinajstić information content (AvgIpc) is 2.95. The van der Waals surface area contributed by atoms with Gasteiger partial charge < -0.3 is 5.32 Å². The number of anilines is 1. The fourth-order valence-corrected chi connectivity index (χ4v) is 3.74. The molecule has 21 heavy (non-hydrogen) atoms. The molecule has 1 aromatic carbocycles. The van der Waals surface area contributed by atoms with E-state index in [4.69, 9.17) is 0 Å². The lowest BCUT2D eigenvalue weighted by Gasteiger charge is -2.24. The second kappa shape index (κ2) is 4.97. The SMILES string of the molecule is O=C1C[C@@H](c2cccs2)CC2=C1C=Nc1ccccc1N2. The van der Waals surface area contributed by atoms with Gasteiger partial charge in [-0.15, -0.1) is 11.3 Å². The molecule has 4 heteroatoms. The molecule has 1 N–H and O–H groups in total. The minimum atomic E-state index is 0.179. The molecule has 1 atom stereocenters. The third-order valence-electron chi connectivity index (χ3n) is 3.98. The van der Waals surface area contributed by atoms with E-state index in [9.17, 15) is 4.79 Å². The van der Waals surface area contributed by atoms with Crippen LogP contribution in [0.3, 0.4) is 0 Å². The predicted octanol–water partition coefficient (Wildman–Crippen LogP) is 4.28. The number of thiophene rings is 1. The molecule has 0 saturated heterocycles. The molecular formula is C17H14N2OS. The molecule has 0 bridgehead atoms. The minimum Gasteiger partial charge on any atom is -0.356 e. The molecule has 1 aliphatic heterocycles. The second-order valence-corrected chi connectivity index (χ2v) is 6.32. The minimum absolute atomic E-state index is 0.179. The van der Waals surface area contributed by atoms with Crippen LogP contribution < -0.4 is 5.32 Å². The van der Waals surface area contributed by atoms with E-state index < -0.39 is 0 Å². The number of hydrogen-bond donors (Lipinski definition) is 1. The van der Waals surface area contributed by atoms with Crippen LogP contribution >= 0.6 is 11.3 Å². The van der Waals surface area contributed by atoms with Crippen LogP contribution in [0.1, 0.15) is 23.6 Å². The number of hydrogen-bond acceptors (Lipinski definition) is 4. The first-order valence-corrected chi connectivity index (χ1v) is 7.89. The topological polar surface area (TPSA) is 41.5 Å². The van der Waals surface area contributed by atoms with Gasteiger partial charge in [0.25, 0.3) is 0 Å². The van der Waals surface area contributed by atoms with Gasteiger partial charge in [0.15, 0.2) is 5.78 Å². The molecule has 3 nitrogen and oxygen atoms in total. The van der Waals surface area contributed by atoms with Crippen molar-refractivity contribution in [1.82, 2.24) is 0 Å². The highest BCUT2D eigenvalue weighted by atomic mass is 32.1. The summed E-state index contributed by atoms with van der Waals surface area (Å²) in [5, 5.41) is 5.49. The van der Waals surface area contributed by atoms with Gasteiger partial charge in [-0.3, -0.25) is 9.79 Å². The summed E-state index contributed by atoms with van der Waals surface area (Å²) in [6.07, 6.45) is 3.16. The Hall–Kier alpha value is -2.20. The van der Waals surface area contributed by atoms with Crippen molar-refractivity contribution in [3.8, 4) is 0 Å². The summed E-state index contributed by atoms with van der Waals surface area (Å²) in [5.41, 5.74) is 3.59. The number of carbonyl (C=O) groups is 1. The number of nitrogens with one attached hydrogen (secondary N) is 1. The Morgan fingerprint density at radius 2 is 2.05 bits per heavy atom. The standard InChI is InChI=1S/C17H14N2OS/c20-16-9-11(17-6-3-7-21-17)8-15-12(16)10-18-13-4-1-2-5-14(13)19-15/h1-7,10-11,19H,8-9H2/t11-/m0/s1. The first kappa shape index (κ1) is 12.5. The zero-order valence-corrected chi connectivity index (χ0v) is 12.2. The number of carbonyl (C=O) groups excluding carboxylic acids is 1. The highest BCUT2D eigenvalue weighted by Crippen LogP contribution is 2.39. The van der Waals surface area contributed by atoms with Gasteiger partial charge in [0.2, 0.25) is 0 Å². The molecule has 0 unspecified atom stereocenters. The normalized spacial score (nSPS) is 20.6. The van der Waals surface area contributed by atoms with Gasteiger partial charge in [0.1, 0.15) is 0 Å². The molecule has 1 aliphatic carbocycles. The summed E-state index contributed by atoms with van der Waals surface area (Å²) in [6, 6.07) is 12.1. The van der Waals surface area contributed by atoms with E-state index in [1.165, 1.54) is 4.88 Å². The van der Waals surface area contributed by atoms with E-state index in [0.29, 0.717) is 6.42 Å². The summed E-state index contributed by atoms with van der Waals surface area (Å²) in [4.78, 5) is 18.2. The van der Waals surface area contributed by atoms with Gasteiger partial charge in [0.05, 0.1) is 16.9 Å². The van der Waals surface area contributed by atoms with Crippen molar-refractivity contribution in [2.45, 2.75) is 18.8 Å². The zero-order valence-electron chi connectivity index (χ0n) is 11.4. The zero-order chi connectivity index (χ0) is 14.2. The maximum atomic E-state index is 12.5. The van der Waals surface area contributed by atoms with Crippen LogP contribution in [0.25, 0.3) is 0 Å². The van der Waals surface area contributed by atoms with Crippen molar-refractivity contribution >= 4 is 34.7 Å². The molecule has 2 heterocycles. The van der Waals surface area contributed by atoms with E-state index in [2.05, 4.69) is 21.8 Å². The number of rotatable bonds is 1. The predicted molar refractivity (Wildman–Crippen MR) is 86.5 cm³/mol. The first-order chi connectivity index (χ1) is 10.3. The Labute approximate surface area is 127 Å². The molecule has 0 radical (unpaired) electrons. The number of benzene rings is 1. The van der Waals surface area contributed by atoms with Gasteiger partial charge in [0, 0.05) is 29.1 Å². The summed E-state index contributed by atoms with van der Waals surface area (Å²) < 4.78 is 0. The summed E-state index contributed by atoms with van der Waals surface area (Å²) >= 11 is 1.73. The third-order valence-corrected chi connectivity index (χ3v) is 5.01. The highest BCUT2D eigenvalue weighted by molar-refractivity contribution is 7.10. The largest absolute Gasteiger partial charge is 0.356 e. The van der Waals surface area contributed by atoms with Crippen molar-refractivity contribution in [3.05, 3.63) is 57.9 Å². The summed E-state index contributed by atoms with van der Waals surface area (Å²) in [6.45, 7) is 0. The van der Waals surface area contributed by atoms with Crippen LogP contribution in [0.5, 0.6) is 0 Å². The lowest BCUT2D eigenvalue weighted by molar-refractivity contribution is -0.115. The first-order valence-electron chi connectivity index (χ1n) is 7.01. The second-order valence-electron chi connectivity index (χ2n) is 5.34. The molecule has 0 spiro atoms. The van der Waals surface area contributed by atoms with E-state index >= 15 is 0 Å². The number of Topliss-reactive ketones (excluding diaryl/α,β-unsaturated/α-hetero) is 1. The number of fused-ring (bicyclic) bond motifs is 1. The molecule has 0 fully saturated rings. The van der Waals surface area contributed by atoms with Crippen LogP contribution in [-0.4, -0.2) is 12.0 Å². The Kier molecular flexibility index (Phi) is 2.97. The van der Waals surface area contributed by atoms with E-state index in [-0.39, 0.29) is 11.7 Å². The van der Waals surface area contributed by atoms with Gasteiger partial charge in [-0.25, -0.2) is 0 Å². The van der Waals surface area contributed by atoms with Gasteiger partial charge >= 0.3 is 0 Å². The fourth-order valence-electron chi connectivity index (χ4n) is 2.91. The fraction of sp³-hybridized carbons (Fsp3) is 0.176. The summed E-state index contributed by atoms with van der Waals surface area (Å²) in [5.74, 6) is 0.459. The monoisotopic (exact) mass is 294 g/mol. The summed E-state index contributed by atoms with van der Waals surface area (Å²) in [7, 11) is 0. The highest BCUT2D eigenvalue weighted by Gasteiger charge is 2.29. The van der Waals surface area contributed by atoms with Gasteiger partial charge in [-0.2, -0.15) is 0 Å². The Balaban J connectivity index is 1.72. The van der Waals surface area contributed by atoms with Crippen molar-refractivity contribution in [2.24, 2.45) is 4.99 Å². The van der Waals surface area contributed by atoms with Gasteiger partial charge in [-0.1, -0.05) is 18.2 Å². The number of aliphatic imine (C=N–C) groups is 1. The number of nitrogens with zero attached hydrogens (tertiary/aromatic N) is 1. The quantitative estimate of drug-likeness (QED) is 0.853. The van der Waals surface area contributed by atoms with Crippen LogP contribution in [0.2, 0.25) is 0 Å². The van der Waals surface area contributed by atoms with Crippen LogP contribution in [-0.2, 0) is 4.79 Å².